The first-order valence-corrected chi connectivity index (χ1v) is 22.9. The Morgan fingerprint density at radius 2 is 1.66 bits per heavy atom. The van der Waals surface area contributed by atoms with Crippen LogP contribution < -0.4 is 31.3 Å². The molecule has 1 atom stereocenters. The number of nitrogens with zero attached hydrogens (tertiary/aromatic N) is 3. The van der Waals surface area contributed by atoms with Gasteiger partial charge in [0.15, 0.2) is 16.7 Å². The Morgan fingerprint density at radius 1 is 0.923 bits per heavy atom. The normalized spacial score (nSPS) is 19.4. The predicted octanol–water partition coefficient (Wildman–Crippen LogP) is 4.78. The summed E-state index contributed by atoms with van der Waals surface area (Å²) in [6.07, 6.45) is 4.36. The molecule has 0 radical (unpaired) electrons. The van der Waals surface area contributed by atoms with Gasteiger partial charge in [0.05, 0.1) is 62.7 Å². The number of benzene rings is 2. The molecule has 1 saturated heterocycles. The smallest absolute Gasteiger partial charge is 0.255 e. The van der Waals surface area contributed by atoms with Gasteiger partial charge in [0.1, 0.15) is 11.9 Å². The summed E-state index contributed by atoms with van der Waals surface area (Å²) in [6, 6.07) is 14.6. The highest BCUT2D eigenvalue weighted by Gasteiger charge is 2.43. The highest BCUT2D eigenvalue weighted by molar-refractivity contribution is 7.13. The maximum atomic E-state index is 14.6. The highest BCUT2D eigenvalue weighted by atomic mass is 35.5. The molecule has 5 N–H and O–H groups in total. The fourth-order valence-electron chi connectivity index (χ4n) is 8.10. The van der Waals surface area contributed by atoms with E-state index in [2.05, 4.69) is 31.6 Å². The van der Waals surface area contributed by atoms with Crippen molar-refractivity contribution >= 4 is 69.1 Å². The second-order valence-electron chi connectivity index (χ2n) is 15.9. The molecule has 7 rings (SSSR count). The number of piperidine rings is 1. The third-order valence-electron chi connectivity index (χ3n) is 11.4. The summed E-state index contributed by atoms with van der Waals surface area (Å²) >= 11 is 7.44. The monoisotopic (exact) mass is 934 g/mol. The molecule has 0 spiro atoms. The minimum atomic E-state index is -0.763. The summed E-state index contributed by atoms with van der Waals surface area (Å²) in [6.45, 7) is 2.90. The van der Waals surface area contributed by atoms with Crippen LogP contribution in [0, 0.1) is 11.2 Å². The Bertz CT molecular complexity index is 2300. The van der Waals surface area contributed by atoms with Gasteiger partial charge in [0, 0.05) is 66.6 Å². The topological polar surface area (TPSA) is 211 Å². The molecule has 20 heteroatoms. The van der Waals surface area contributed by atoms with Crippen LogP contribution in [0.5, 0.6) is 5.75 Å². The zero-order chi connectivity index (χ0) is 45.6. The Labute approximate surface area is 384 Å². The van der Waals surface area contributed by atoms with Gasteiger partial charge in [0.25, 0.3) is 5.91 Å². The lowest BCUT2D eigenvalue weighted by Gasteiger charge is -2.39. The first-order chi connectivity index (χ1) is 31.6. The quantitative estimate of drug-likeness (QED) is 0.0502. The number of carbonyl (C=O) groups excluding carboxylic acids is 5. The van der Waals surface area contributed by atoms with Crippen LogP contribution in [0.4, 0.5) is 21.0 Å². The summed E-state index contributed by atoms with van der Waals surface area (Å²) < 4.78 is 37.6. The van der Waals surface area contributed by atoms with Crippen molar-refractivity contribution in [2.45, 2.75) is 63.6 Å². The number of fused-ring (bicyclic) bond motifs is 1. The molecule has 3 aliphatic rings. The lowest BCUT2D eigenvalue weighted by atomic mass is 9.69. The van der Waals surface area contributed by atoms with E-state index in [1.807, 2.05) is 23.6 Å². The lowest BCUT2D eigenvalue weighted by Crippen LogP contribution is -2.52. The van der Waals surface area contributed by atoms with Crippen molar-refractivity contribution in [1.82, 2.24) is 30.8 Å². The standard InChI is InChI=1S/C45H52ClFN8O9S/c46-33-6-3-8-36(40(33)47)64-30-12-14-45(15-13-30,26-29-4-1-9-37(51-29)53-44-50-18-25-65-44)43(60)49-17-20-62-22-24-63-23-21-61-19-16-48-27-39(57)52-34-7-2-5-31-32(34)28-55(42(31)59)35-10-11-38(56)54-41(35)58/h1-9,18,25,30,35,48H,10-17,19-24,26-28H2,(H,49,60)(H,52,57)(H,50,51,53)(H,54,56,58)/t30-,35?,45-. The van der Waals surface area contributed by atoms with Crippen LogP contribution >= 0.6 is 22.9 Å². The molecule has 2 aromatic carbocycles. The molecule has 4 aromatic rings. The van der Waals surface area contributed by atoms with Crippen molar-refractivity contribution in [3.05, 3.63) is 93.8 Å². The first kappa shape index (κ1) is 47.4. The highest BCUT2D eigenvalue weighted by Crippen LogP contribution is 2.41. The number of imide groups is 1. The number of hydrogen-bond acceptors (Lipinski definition) is 14. The molecule has 0 bridgehead atoms. The molecule has 1 unspecified atom stereocenters. The number of hydrogen-bond donors (Lipinski definition) is 5. The predicted molar refractivity (Wildman–Crippen MR) is 240 cm³/mol. The van der Waals surface area contributed by atoms with E-state index in [1.54, 1.807) is 36.5 Å². The number of amides is 5. The van der Waals surface area contributed by atoms with Crippen molar-refractivity contribution < 1.29 is 47.3 Å². The number of ether oxygens (including phenoxy) is 4. The number of pyridine rings is 1. The summed E-state index contributed by atoms with van der Waals surface area (Å²) in [5.41, 5.74) is 1.54. The number of aromatic nitrogens is 2. The van der Waals surface area contributed by atoms with Gasteiger partial charge in [-0.2, -0.15) is 0 Å². The van der Waals surface area contributed by atoms with Gasteiger partial charge in [0.2, 0.25) is 23.6 Å². The Hall–Kier alpha value is -5.57. The lowest BCUT2D eigenvalue weighted by molar-refractivity contribution is -0.137. The van der Waals surface area contributed by atoms with Gasteiger partial charge in [-0.3, -0.25) is 29.3 Å². The number of carbonyl (C=O) groups is 5. The first-order valence-electron chi connectivity index (χ1n) is 21.6. The van der Waals surface area contributed by atoms with Crippen molar-refractivity contribution in [3.8, 4) is 5.75 Å². The molecule has 65 heavy (non-hydrogen) atoms. The van der Waals surface area contributed by atoms with Crippen LogP contribution in [0.1, 0.15) is 60.1 Å². The summed E-state index contributed by atoms with van der Waals surface area (Å²) in [4.78, 5) is 74.1. The van der Waals surface area contributed by atoms with Gasteiger partial charge >= 0.3 is 0 Å². The molecule has 1 saturated carbocycles. The molecule has 5 amide bonds. The fraction of sp³-hybridized carbons (Fsp3) is 0.444. The van der Waals surface area contributed by atoms with E-state index in [-0.39, 0.29) is 73.0 Å². The molecule has 4 heterocycles. The number of thiazole rings is 1. The van der Waals surface area contributed by atoms with Crippen molar-refractivity contribution in [3.63, 3.8) is 0 Å². The van der Waals surface area contributed by atoms with Crippen molar-refractivity contribution in [2.75, 3.05) is 69.9 Å². The van der Waals surface area contributed by atoms with Crippen LogP contribution in [0.25, 0.3) is 0 Å². The molecule has 2 aromatic heterocycles. The van der Waals surface area contributed by atoms with Crippen LogP contribution in [-0.4, -0.2) is 116 Å². The van der Waals surface area contributed by atoms with Crippen LogP contribution in [0.3, 0.4) is 0 Å². The SMILES string of the molecule is O=C1CCC(N2Cc3c(NC(=O)CNCCOCCOCCOCCNC(=O)[C@]4(Cc5cccc(Nc6nccs6)n5)CC[C@@H](Oc5cccc(Cl)c5F)CC4)cccc3C2=O)C(=O)N1. The van der Waals surface area contributed by atoms with Gasteiger partial charge in [-0.05, 0) is 68.5 Å². The Kier molecular flexibility index (Phi) is 16.8. The van der Waals surface area contributed by atoms with E-state index in [4.69, 9.17) is 35.5 Å². The number of halogens is 2. The maximum absolute atomic E-state index is 14.6. The minimum Gasteiger partial charge on any atom is -0.487 e. The molecule has 1 aliphatic carbocycles. The second-order valence-corrected chi connectivity index (χ2v) is 17.2. The van der Waals surface area contributed by atoms with Crippen LogP contribution in [0.15, 0.2) is 66.2 Å². The van der Waals surface area contributed by atoms with E-state index < -0.39 is 23.2 Å². The van der Waals surface area contributed by atoms with Gasteiger partial charge in [-0.1, -0.05) is 29.8 Å². The van der Waals surface area contributed by atoms with E-state index in [1.165, 1.54) is 22.3 Å². The average Bonchev–Trinajstić information content (AvgIpc) is 3.93. The third kappa shape index (κ3) is 12.8. The molecule has 17 nitrogen and oxygen atoms in total. The zero-order valence-electron chi connectivity index (χ0n) is 35.7. The number of rotatable bonds is 23. The number of nitrogens with one attached hydrogen (secondary N) is 5. The summed E-state index contributed by atoms with van der Waals surface area (Å²) in [7, 11) is 0. The molecule has 346 valence electrons. The van der Waals surface area contributed by atoms with E-state index >= 15 is 0 Å². The van der Waals surface area contributed by atoms with E-state index in [9.17, 15) is 28.4 Å². The molecule has 2 fully saturated rings. The minimum absolute atomic E-state index is 0.00557. The largest absolute Gasteiger partial charge is 0.487 e. The fourth-order valence-corrected chi connectivity index (χ4v) is 8.80. The Morgan fingerprint density at radius 3 is 2.42 bits per heavy atom. The molecule has 2 aliphatic heterocycles. The summed E-state index contributed by atoms with van der Waals surface area (Å²) in [5, 5.41) is 17.0. The van der Waals surface area contributed by atoms with Gasteiger partial charge in [-0.15, -0.1) is 11.3 Å². The maximum Gasteiger partial charge on any atom is 0.255 e. The van der Waals surface area contributed by atoms with Crippen molar-refractivity contribution in [1.29, 1.82) is 0 Å². The molecular formula is C45H52ClFN8O9S. The zero-order valence-corrected chi connectivity index (χ0v) is 37.3. The number of anilines is 3. The van der Waals surface area contributed by atoms with Gasteiger partial charge < -0.3 is 45.1 Å². The molecular weight excluding hydrogens is 883 g/mol. The van der Waals surface area contributed by atoms with Crippen LogP contribution in [0.2, 0.25) is 5.02 Å². The second kappa shape index (κ2) is 23.1. The average molecular weight is 935 g/mol. The Balaban J connectivity index is 0.758. The van der Waals surface area contributed by atoms with E-state index in [0.29, 0.717) is 101 Å². The summed E-state index contributed by atoms with van der Waals surface area (Å²) in [5.74, 6) is -1.42. The van der Waals surface area contributed by atoms with Crippen LogP contribution in [-0.2, 0) is 46.4 Å². The van der Waals surface area contributed by atoms with Crippen molar-refractivity contribution in [2.24, 2.45) is 5.41 Å². The van der Waals surface area contributed by atoms with Gasteiger partial charge in [-0.25, -0.2) is 14.4 Å². The van der Waals surface area contributed by atoms with E-state index in [0.717, 1.165) is 10.8 Å². The third-order valence-corrected chi connectivity index (χ3v) is 12.4.